The van der Waals surface area contributed by atoms with Gasteiger partial charge in [-0.05, 0) is 56.1 Å². The van der Waals surface area contributed by atoms with Crippen LogP contribution in [0.1, 0.15) is 18.4 Å². The summed E-state index contributed by atoms with van der Waals surface area (Å²) in [5, 5.41) is 7.22. The van der Waals surface area contributed by atoms with E-state index in [1.165, 1.54) is 10.9 Å². The van der Waals surface area contributed by atoms with Crippen molar-refractivity contribution in [2.75, 3.05) is 31.5 Å². The Bertz CT molecular complexity index is 991. The van der Waals surface area contributed by atoms with Crippen molar-refractivity contribution in [3.05, 3.63) is 66.4 Å². The van der Waals surface area contributed by atoms with Gasteiger partial charge < -0.3 is 15.6 Å². The topological polar surface area (TPSA) is 77.2 Å². The molecule has 2 amide bonds. The minimum atomic E-state index is 0.00592. The highest BCUT2D eigenvalue weighted by molar-refractivity contribution is 5.92. The first kappa shape index (κ1) is 20.2. The van der Waals surface area contributed by atoms with Crippen LogP contribution in [0.25, 0.3) is 10.9 Å². The van der Waals surface area contributed by atoms with E-state index >= 15 is 0 Å². The highest BCUT2D eigenvalue weighted by Crippen LogP contribution is 2.20. The summed E-state index contributed by atoms with van der Waals surface area (Å²) >= 11 is 0. The standard InChI is InChI=1S/C24H28N4O2/c29-23(25-13-10-19-16-26-22-9-5-4-8-21(19)22)17-28-14-11-18(12-15-28)24(30)27-20-6-2-1-3-7-20/h1-9,16,18,26H,10-15,17H2,(H,25,29)(H,27,30). The van der Waals surface area contributed by atoms with E-state index in [4.69, 9.17) is 0 Å². The van der Waals surface area contributed by atoms with Crippen LogP contribution in [0.4, 0.5) is 5.69 Å². The molecule has 0 radical (unpaired) electrons. The molecule has 6 nitrogen and oxygen atoms in total. The zero-order valence-electron chi connectivity index (χ0n) is 17.1. The molecule has 6 heteroatoms. The number of fused-ring (bicyclic) bond motifs is 1. The van der Waals surface area contributed by atoms with Gasteiger partial charge in [-0.1, -0.05) is 36.4 Å². The van der Waals surface area contributed by atoms with Crippen molar-refractivity contribution in [1.82, 2.24) is 15.2 Å². The van der Waals surface area contributed by atoms with Gasteiger partial charge in [-0.3, -0.25) is 14.5 Å². The number of nitrogens with one attached hydrogen (secondary N) is 3. The molecular formula is C24H28N4O2. The van der Waals surface area contributed by atoms with Crippen molar-refractivity contribution in [3.63, 3.8) is 0 Å². The second kappa shape index (κ2) is 9.59. The summed E-state index contributed by atoms with van der Waals surface area (Å²) < 4.78 is 0. The van der Waals surface area contributed by atoms with Crippen LogP contribution in [0.3, 0.4) is 0 Å². The van der Waals surface area contributed by atoms with Gasteiger partial charge in [0.25, 0.3) is 0 Å². The van der Waals surface area contributed by atoms with Crippen molar-refractivity contribution in [3.8, 4) is 0 Å². The zero-order valence-corrected chi connectivity index (χ0v) is 17.1. The minimum absolute atomic E-state index is 0.00592. The minimum Gasteiger partial charge on any atom is -0.361 e. The molecule has 30 heavy (non-hydrogen) atoms. The molecule has 2 heterocycles. The molecule has 1 aromatic heterocycles. The quantitative estimate of drug-likeness (QED) is 0.566. The van der Waals surface area contributed by atoms with Crippen LogP contribution in [0.2, 0.25) is 0 Å². The predicted octanol–water partition coefficient (Wildman–Crippen LogP) is 3.18. The first-order chi connectivity index (χ1) is 14.7. The molecule has 3 N–H and O–H groups in total. The summed E-state index contributed by atoms with van der Waals surface area (Å²) in [5.74, 6) is 0.123. The van der Waals surface area contributed by atoms with Gasteiger partial charge in [0.2, 0.25) is 11.8 Å². The zero-order chi connectivity index (χ0) is 20.8. The van der Waals surface area contributed by atoms with Gasteiger partial charge in [0.15, 0.2) is 0 Å². The molecular weight excluding hydrogens is 376 g/mol. The molecule has 0 unspecified atom stereocenters. The van der Waals surface area contributed by atoms with Crippen LogP contribution in [-0.2, 0) is 16.0 Å². The Labute approximate surface area is 176 Å². The van der Waals surface area contributed by atoms with E-state index in [0.717, 1.165) is 43.6 Å². The second-order valence-electron chi connectivity index (χ2n) is 7.87. The van der Waals surface area contributed by atoms with Crippen molar-refractivity contribution in [2.45, 2.75) is 19.3 Å². The highest BCUT2D eigenvalue weighted by atomic mass is 16.2. The fraction of sp³-hybridized carbons (Fsp3) is 0.333. The smallest absolute Gasteiger partial charge is 0.234 e. The van der Waals surface area contributed by atoms with E-state index in [1.54, 1.807) is 0 Å². The van der Waals surface area contributed by atoms with Crippen LogP contribution < -0.4 is 10.6 Å². The van der Waals surface area contributed by atoms with E-state index < -0.39 is 0 Å². The molecule has 4 rings (SSSR count). The number of likely N-dealkylation sites (tertiary alicyclic amines) is 1. The Morgan fingerprint density at radius 1 is 1.00 bits per heavy atom. The molecule has 3 aromatic rings. The Hall–Kier alpha value is -3.12. The third-order valence-electron chi connectivity index (χ3n) is 5.76. The van der Waals surface area contributed by atoms with Crippen molar-refractivity contribution in [2.24, 2.45) is 5.92 Å². The SMILES string of the molecule is O=C(CN1CCC(C(=O)Nc2ccccc2)CC1)NCCc1c[nH]c2ccccc12. The fourth-order valence-electron chi connectivity index (χ4n) is 4.05. The van der Waals surface area contributed by atoms with Gasteiger partial charge in [-0.2, -0.15) is 0 Å². The van der Waals surface area contributed by atoms with Gasteiger partial charge in [0.1, 0.15) is 0 Å². The average Bonchev–Trinajstić information content (AvgIpc) is 3.18. The lowest BCUT2D eigenvalue weighted by Gasteiger charge is -2.30. The molecule has 0 aliphatic carbocycles. The first-order valence-electron chi connectivity index (χ1n) is 10.6. The summed E-state index contributed by atoms with van der Waals surface area (Å²) in [6.45, 7) is 2.54. The van der Waals surface area contributed by atoms with E-state index in [9.17, 15) is 9.59 Å². The molecule has 0 bridgehead atoms. The lowest BCUT2D eigenvalue weighted by molar-refractivity contribution is -0.123. The van der Waals surface area contributed by atoms with Crippen LogP contribution in [0.15, 0.2) is 60.8 Å². The van der Waals surface area contributed by atoms with Crippen molar-refractivity contribution in [1.29, 1.82) is 0 Å². The molecule has 0 spiro atoms. The van der Waals surface area contributed by atoms with E-state index in [1.807, 2.05) is 48.7 Å². The number of hydrogen-bond acceptors (Lipinski definition) is 3. The number of carbonyl (C=O) groups is 2. The molecule has 1 aliphatic heterocycles. The normalized spacial score (nSPS) is 15.2. The number of carbonyl (C=O) groups excluding carboxylic acids is 2. The number of anilines is 1. The lowest BCUT2D eigenvalue weighted by atomic mass is 9.96. The molecule has 156 valence electrons. The Morgan fingerprint density at radius 3 is 2.53 bits per heavy atom. The fourth-order valence-corrected chi connectivity index (χ4v) is 4.05. The highest BCUT2D eigenvalue weighted by Gasteiger charge is 2.25. The molecule has 1 aliphatic rings. The maximum Gasteiger partial charge on any atom is 0.234 e. The first-order valence-corrected chi connectivity index (χ1v) is 10.6. The summed E-state index contributed by atoms with van der Waals surface area (Å²) in [6, 6.07) is 17.7. The number of aromatic amines is 1. The third kappa shape index (κ3) is 5.07. The Kier molecular flexibility index (Phi) is 6.44. The maximum atomic E-state index is 12.4. The Morgan fingerprint density at radius 2 is 1.73 bits per heavy atom. The monoisotopic (exact) mass is 404 g/mol. The number of piperidine rings is 1. The number of benzene rings is 2. The third-order valence-corrected chi connectivity index (χ3v) is 5.76. The van der Waals surface area contributed by atoms with E-state index in [-0.39, 0.29) is 17.7 Å². The summed E-state index contributed by atoms with van der Waals surface area (Å²) in [4.78, 5) is 30.2. The number of amides is 2. The summed E-state index contributed by atoms with van der Waals surface area (Å²) in [6.07, 6.45) is 4.38. The van der Waals surface area contributed by atoms with E-state index in [0.29, 0.717) is 13.1 Å². The van der Waals surface area contributed by atoms with Crippen molar-refractivity contribution < 1.29 is 9.59 Å². The second-order valence-corrected chi connectivity index (χ2v) is 7.87. The summed E-state index contributed by atoms with van der Waals surface area (Å²) in [5.41, 5.74) is 3.17. The van der Waals surface area contributed by atoms with Crippen LogP contribution in [0, 0.1) is 5.92 Å². The number of nitrogens with zero attached hydrogens (tertiary/aromatic N) is 1. The van der Waals surface area contributed by atoms with Crippen LogP contribution in [0.5, 0.6) is 0 Å². The summed E-state index contributed by atoms with van der Waals surface area (Å²) in [7, 11) is 0. The van der Waals surface area contributed by atoms with E-state index in [2.05, 4.69) is 32.7 Å². The largest absolute Gasteiger partial charge is 0.361 e. The average molecular weight is 405 g/mol. The molecule has 0 saturated carbocycles. The van der Waals surface area contributed by atoms with Crippen LogP contribution in [-0.4, -0.2) is 47.9 Å². The maximum absolute atomic E-state index is 12.4. The Balaban J connectivity index is 1.17. The molecule has 1 fully saturated rings. The lowest BCUT2D eigenvalue weighted by Crippen LogP contribution is -2.43. The van der Waals surface area contributed by atoms with Gasteiger partial charge in [0, 0.05) is 35.2 Å². The number of H-pyrrole nitrogens is 1. The number of hydrogen-bond donors (Lipinski definition) is 3. The van der Waals surface area contributed by atoms with Crippen molar-refractivity contribution >= 4 is 28.4 Å². The predicted molar refractivity (Wildman–Crippen MR) is 119 cm³/mol. The molecule has 1 saturated heterocycles. The number of rotatable bonds is 7. The van der Waals surface area contributed by atoms with Gasteiger partial charge in [0.05, 0.1) is 6.54 Å². The molecule has 0 atom stereocenters. The molecule has 2 aromatic carbocycles. The van der Waals surface area contributed by atoms with Crippen LogP contribution >= 0.6 is 0 Å². The van der Waals surface area contributed by atoms with Gasteiger partial charge in [-0.25, -0.2) is 0 Å². The van der Waals surface area contributed by atoms with Gasteiger partial charge in [-0.15, -0.1) is 0 Å². The number of para-hydroxylation sites is 2. The number of aromatic nitrogens is 1. The van der Waals surface area contributed by atoms with Gasteiger partial charge >= 0.3 is 0 Å².